The van der Waals surface area contributed by atoms with E-state index < -0.39 is 11.4 Å². The van der Waals surface area contributed by atoms with Crippen LogP contribution in [0.2, 0.25) is 0 Å². The van der Waals surface area contributed by atoms with Gasteiger partial charge in [0, 0.05) is 6.42 Å². The number of rotatable bonds is 6. The fraction of sp³-hybridized carbons (Fsp3) is 0.158. The molecule has 0 aliphatic carbocycles. The zero-order chi connectivity index (χ0) is 16.0. The summed E-state index contributed by atoms with van der Waals surface area (Å²) in [6, 6.07) is 18.3. The van der Waals surface area contributed by atoms with Crippen LogP contribution in [0, 0.1) is 0 Å². The maximum atomic E-state index is 12.0. The van der Waals surface area contributed by atoms with E-state index >= 15 is 0 Å². The Kier molecular flexibility index (Phi) is 4.89. The Morgan fingerprint density at radius 1 is 1.00 bits per heavy atom. The Labute approximate surface area is 129 Å². The van der Waals surface area contributed by atoms with Gasteiger partial charge in [0.1, 0.15) is 11.2 Å². The smallest absolute Gasteiger partial charge is 0.318 e. The number of hydrogen-bond acceptors (Lipinski definition) is 2. The summed E-state index contributed by atoms with van der Waals surface area (Å²) in [7, 11) is 0. The molecule has 22 heavy (non-hydrogen) atoms. The van der Waals surface area contributed by atoms with Crippen LogP contribution in [-0.2, 0) is 15.0 Å². The van der Waals surface area contributed by atoms with Crippen LogP contribution in [0.1, 0.15) is 24.5 Å². The van der Waals surface area contributed by atoms with Crippen molar-refractivity contribution in [2.45, 2.75) is 18.8 Å². The number of carboxylic acid groups (broad SMARTS) is 1. The normalized spacial score (nSPS) is 13.7. The molecule has 2 aromatic carbocycles. The molecule has 0 fully saturated rings. The molecule has 3 nitrogen and oxygen atoms in total. The van der Waals surface area contributed by atoms with Gasteiger partial charge in [0.2, 0.25) is 0 Å². The molecule has 1 atom stereocenters. The highest BCUT2D eigenvalue weighted by atomic mass is 16.4. The Morgan fingerprint density at radius 3 is 2.05 bits per heavy atom. The van der Waals surface area contributed by atoms with Gasteiger partial charge in [-0.1, -0.05) is 72.8 Å². The van der Waals surface area contributed by atoms with Gasteiger partial charge >= 0.3 is 5.97 Å². The Hall–Kier alpha value is -2.68. The van der Waals surface area contributed by atoms with Gasteiger partial charge in [0.25, 0.3) is 0 Å². The van der Waals surface area contributed by atoms with Crippen molar-refractivity contribution >= 4 is 17.8 Å². The number of hydrogen-bond donors (Lipinski definition) is 1. The average Bonchev–Trinajstić information content (AvgIpc) is 2.52. The lowest BCUT2D eigenvalue weighted by Gasteiger charge is -2.25. The van der Waals surface area contributed by atoms with E-state index in [1.165, 1.54) is 6.92 Å². The maximum Gasteiger partial charge on any atom is 0.318 e. The van der Waals surface area contributed by atoms with Crippen molar-refractivity contribution in [3.63, 3.8) is 0 Å². The summed E-state index contributed by atoms with van der Waals surface area (Å²) >= 11 is 0. The van der Waals surface area contributed by atoms with Gasteiger partial charge in [-0.15, -0.1) is 0 Å². The van der Waals surface area contributed by atoms with Gasteiger partial charge in [-0.2, -0.15) is 0 Å². The first-order valence-electron chi connectivity index (χ1n) is 7.07. The van der Waals surface area contributed by atoms with E-state index in [2.05, 4.69) is 0 Å². The number of ketones is 1. The number of Topliss-reactive ketones (excluding diaryl/α,β-unsaturated/α-hetero) is 1. The second-order valence-corrected chi connectivity index (χ2v) is 5.27. The summed E-state index contributed by atoms with van der Waals surface area (Å²) < 4.78 is 0. The summed E-state index contributed by atoms with van der Waals surface area (Å²) in [5.41, 5.74) is 0.153. The van der Waals surface area contributed by atoms with Gasteiger partial charge in [-0.25, -0.2) is 0 Å². The predicted octanol–water partition coefficient (Wildman–Crippen LogP) is 3.70. The molecule has 1 N–H and O–H groups in total. The molecular formula is C19H18O3. The zero-order valence-corrected chi connectivity index (χ0v) is 12.4. The molecule has 3 heteroatoms. The lowest BCUT2D eigenvalue weighted by atomic mass is 9.76. The summed E-state index contributed by atoms with van der Waals surface area (Å²) in [6.45, 7) is 1.41. The molecule has 0 saturated carbocycles. The largest absolute Gasteiger partial charge is 0.480 e. The first kappa shape index (κ1) is 15.7. The van der Waals surface area contributed by atoms with Crippen molar-refractivity contribution in [3.8, 4) is 0 Å². The SMILES string of the molecule is CC(=O)CC(C=Cc1ccccc1)(C(=O)O)c1ccccc1. The molecule has 0 aliphatic heterocycles. The molecule has 112 valence electrons. The maximum absolute atomic E-state index is 12.0. The van der Waals surface area contributed by atoms with Gasteiger partial charge in [0.05, 0.1) is 0 Å². The first-order chi connectivity index (χ1) is 10.5. The number of carboxylic acids is 1. The number of carbonyl (C=O) groups is 2. The van der Waals surface area contributed by atoms with Gasteiger partial charge in [0.15, 0.2) is 0 Å². The highest BCUT2D eigenvalue weighted by Gasteiger charge is 2.39. The van der Waals surface area contributed by atoms with E-state index in [-0.39, 0.29) is 12.2 Å². The van der Waals surface area contributed by atoms with Crippen LogP contribution in [0.5, 0.6) is 0 Å². The molecule has 0 heterocycles. The molecule has 2 rings (SSSR count). The summed E-state index contributed by atoms with van der Waals surface area (Å²) in [5, 5.41) is 9.80. The highest BCUT2D eigenvalue weighted by molar-refractivity contribution is 5.92. The molecule has 0 saturated heterocycles. The average molecular weight is 294 g/mol. The van der Waals surface area contributed by atoms with Crippen LogP contribution in [0.4, 0.5) is 0 Å². The van der Waals surface area contributed by atoms with E-state index in [1.807, 2.05) is 36.4 Å². The van der Waals surface area contributed by atoms with Crippen LogP contribution >= 0.6 is 0 Å². The van der Waals surface area contributed by atoms with Crippen molar-refractivity contribution in [2.24, 2.45) is 0 Å². The first-order valence-corrected chi connectivity index (χ1v) is 7.07. The molecular weight excluding hydrogens is 276 g/mol. The van der Waals surface area contributed by atoms with Gasteiger partial charge in [-0.3, -0.25) is 9.59 Å². The fourth-order valence-corrected chi connectivity index (χ4v) is 2.46. The van der Waals surface area contributed by atoms with Crippen molar-refractivity contribution in [1.82, 2.24) is 0 Å². The lowest BCUT2D eigenvalue weighted by Crippen LogP contribution is -2.35. The topological polar surface area (TPSA) is 54.4 Å². The number of benzene rings is 2. The van der Waals surface area contributed by atoms with Gasteiger partial charge in [-0.05, 0) is 18.1 Å². The molecule has 0 aliphatic rings. The molecule has 2 aromatic rings. The predicted molar refractivity (Wildman–Crippen MR) is 86.5 cm³/mol. The van der Waals surface area contributed by atoms with E-state index in [9.17, 15) is 14.7 Å². The van der Waals surface area contributed by atoms with E-state index in [4.69, 9.17) is 0 Å². The van der Waals surface area contributed by atoms with Crippen molar-refractivity contribution in [2.75, 3.05) is 0 Å². The van der Waals surface area contributed by atoms with E-state index in [0.29, 0.717) is 5.56 Å². The summed E-state index contributed by atoms with van der Waals surface area (Å²) in [4.78, 5) is 23.6. The number of aliphatic carboxylic acids is 1. The monoisotopic (exact) mass is 294 g/mol. The third kappa shape index (κ3) is 3.50. The van der Waals surface area contributed by atoms with Gasteiger partial charge < -0.3 is 5.11 Å². The van der Waals surface area contributed by atoms with Crippen LogP contribution in [0.3, 0.4) is 0 Å². The van der Waals surface area contributed by atoms with Crippen LogP contribution in [0.25, 0.3) is 6.08 Å². The zero-order valence-electron chi connectivity index (χ0n) is 12.4. The van der Waals surface area contributed by atoms with Crippen molar-refractivity contribution < 1.29 is 14.7 Å². The standard InChI is InChI=1S/C19H18O3/c1-15(20)14-19(18(21)22,17-10-6-3-7-11-17)13-12-16-8-4-2-5-9-16/h2-13H,14H2,1H3,(H,21,22). The third-order valence-corrected chi connectivity index (χ3v) is 3.56. The van der Waals surface area contributed by atoms with E-state index in [1.54, 1.807) is 36.4 Å². The molecule has 0 radical (unpaired) electrons. The molecule has 0 amide bonds. The Morgan fingerprint density at radius 2 is 1.55 bits per heavy atom. The van der Waals surface area contributed by atoms with Crippen LogP contribution in [-0.4, -0.2) is 16.9 Å². The van der Waals surface area contributed by atoms with Crippen molar-refractivity contribution in [3.05, 3.63) is 77.9 Å². The Bertz CT molecular complexity index is 674. The number of carbonyl (C=O) groups excluding carboxylic acids is 1. The molecule has 0 spiro atoms. The Balaban J connectivity index is 2.51. The minimum absolute atomic E-state index is 0.0737. The lowest BCUT2D eigenvalue weighted by molar-refractivity contribution is -0.143. The van der Waals surface area contributed by atoms with Crippen LogP contribution in [0.15, 0.2) is 66.7 Å². The molecule has 0 bridgehead atoms. The summed E-state index contributed by atoms with van der Waals surface area (Å²) in [5.74, 6) is -1.19. The third-order valence-electron chi connectivity index (χ3n) is 3.56. The minimum atomic E-state index is -1.34. The second-order valence-electron chi connectivity index (χ2n) is 5.27. The summed E-state index contributed by atoms with van der Waals surface area (Å²) in [6.07, 6.45) is 3.29. The quantitative estimate of drug-likeness (QED) is 0.883. The molecule has 1 unspecified atom stereocenters. The van der Waals surface area contributed by atoms with Crippen LogP contribution < -0.4 is 0 Å². The second kappa shape index (κ2) is 6.85. The fourth-order valence-electron chi connectivity index (χ4n) is 2.46. The molecule has 0 aromatic heterocycles. The minimum Gasteiger partial charge on any atom is -0.480 e. The van der Waals surface area contributed by atoms with Crippen molar-refractivity contribution in [1.29, 1.82) is 0 Å². The van der Waals surface area contributed by atoms with E-state index in [0.717, 1.165) is 5.56 Å². The highest BCUT2D eigenvalue weighted by Crippen LogP contribution is 2.31.